The van der Waals surface area contributed by atoms with Gasteiger partial charge in [0, 0.05) is 11.1 Å². The number of benzene rings is 2. The molecule has 2 aromatic heterocycles. The van der Waals surface area contributed by atoms with Crippen molar-refractivity contribution in [2.75, 3.05) is 7.11 Å². The van der Waals surface area contributed by atoms with Crippen molar-refractivity contribution in [1.82, 2.24) is 14.8 Å². The molecular formula is C23H20FN3O3S. The summed E-state index contributed by atoms with van der Waals surface area (Å²) in [5.41, 5.74) is 1.29. The van der Waals surface area contributed by atoms with Crippen LogP contribution in [0.1, 0.15) is 23.0 Å². The second kappa shape index (κ2) is 9.18. The van der Waals surface area contributed by atoms with E-state index < -0.39 is 5.25 Å². The van der Waals surface area contributed by atoms with Crippen molar-refractivity contribution < 1.29 is 18.3 Å². The first-order chi connectivity index (χ1) is 15.0. The SMILES string of the molecule is COc1cccc(-c2nnc(SC(C)C(=O)c3ccc(F)cc3)n2Cc2ccco2)c1. The van der Waals surface area contributed by atoms with Gasteiger partial charge in [-0.25, -0.2) is 4.39 Å². The van der Waals surface area contributed by atoms with E-state index in [9.17, 15) is 9.18 Å². The Bertz CT molecular complexity index is 1170. The van der Waals surface area contributed by atoms with E-state index in [0.717, 1.165) is 11.3 Å². The molecule has 4 rings (SSSR count). The van der Waals surface area contributed by atoms with E-state index in [1.54, 1.807) is 20.3 Å². The van der Waals surface area contributed by atoms with Crippen LogP contribution in [0, 0.1) is 5.82 Å². The first kappa shape index (κ1) is 20.9. The lowest BCUT2D eigenvalue weighted by Gasteiger charge is -2.13. The molecule has 8 heteroatoms. The van der Waals surface area contributed by atoms with Crippen LogP contribution in [0.2, 0.25) is 0 Å². The number of Topliss-reactive ketones (excluding diaryl/α,β-unsaturated/α-hetero) is 1. The van der Waals surface area contributed by atoms with Gasteiger partial charge < -0.3 is 9.15 Å². The zero-order valence-electron chi connectivity index (χ0n) is 17.0. The molecule has 0 saturated heterocycles. The van der Waals surface area contributed by atoms with Gasteiger partial charge in [-0.1, -0.05) is 23.9 Å². The van der Waals surface area contributed by atoms with Crippen molar-refractivity contribution in [3.63, 3.8) is 0 Å². The second-order valence-electron chi connectivity index (χ2n) is 6.83. The van der Waals surface area contributed by atoms with Crippen LogP contribution < -0.4 is 4.74 Å². The average Bonchev–Trinajstić information content (AvgIpc) is 3.44. The lowest BCUT2D eigenvalue weighted by molar-refractivity contribution is 0.0994. The third kappa shape index (κ3) is 4.69. The molecule has 0 aliphatic carbocycles. The van der Waals surface area contributed by atoms with Gasteiger partial charge in [-0.05, 0) is 55.5 Å². The van der Waals surface area contributed by atoms with Crippen molar-refractivity contribution in [2.24, 2.45) is 0 Å². The zero-order valence-corrected chi connectivity index (χ0v) is 17.8. The summed E-state index contributed by atoms with van der Waals surface area (Å²) >= 11 is 1.30. The molecule has 2 heterocycles. The summed E-state index contributed by atoms with van der Waals surface area (Å²) in [4.78, 5) is 12.8. The Kier molecular flexibility index (Phi) is 6.18. The number of halogens is 1. The summed E-state index contributed by atoms with van der Waals surface area (Å²) in [6, 6.07) is 16.8. The molecule has 0 fully saturated rings. The van der Waals surface area contributed by atoms with Gasteiger partial charge >= 0.3 is 0 Å². The minimum atomic E-state index is -0.442. The number of carbonyl (C=O) groups excluding carboxylic acids is 1. The van der Waals surface area contributed by atoms with Crippen molar-refractivity contribution in [1.29, 1.82) is 0 Å². The number of carbonyl (C=O) groups is 1. The predicted molar refractivity (Wildman–Crippen MR) is 116 cm³/mol. The quantitative estimate of drug-likeness (QED) is 0.282. The molecule has 0 amide bonds. The second-order valence-corrected chi connectivity index (χ2v) is 8.14. The molecule has 0 bridgehead atoms. The van der Waals surface area contributed by atoms with Crippen LogP contribution in [-0.4, -0.2) is 32.9 Å². The van der Waals surface area contributed by atoms with E-state index >= 15 is 0 Å². The molecule has 4 aromatic rings. The number of ether oxygens (including phenoxy) is 1. The summed E-state index contributed by atoms with van der Waals surface area (Å²) < 4.78 is 26.0. The number of thioether (sulfide) groups is 1. The molecule has 0 N–H and O–H groups in total. The third-order valence-corrected chi connectivity index (χ3v) is 5.80. The van der Waals surface area contributed by atoms with Crippen LogP contribution in [-0.2, 0) is 6.54 Å². The predicted octanol–water partition coefficient (Wildman–Crippen LogP) is 5.10. The van der Waals surface area contributed by atoms with E-state index in [1.807, 2.05) is 41.0 Å². The topological polar surface area (TPSA) is 70.2 Å². The van der Waals surface area contributed by atoms with Gasteiger partial charge in [0.05, 0.1) is 25.2 Å². The molecule has 6 nitrogen and oxygen atoms in total. The largest absolute Gasteiger partial charge is 0.497 e. The van der Waals surface area contributed by atoms with E-state index in [4.69, 9.17) is 9.15 Å². The molecule has 0 radical (unpaired) electrons. The Hall–Kier alpha value is -3.39. The summed E-state index contributed by atoms with van der Waals surface area (Å²) in [7, 11) is 1.61. The molecule has 31 heavy (non-hydrogen) atoms. The van der Waals surface area contributed by atoms with Gasteiger partial charge in [0.2, 0.25) is 0 Å². The zero-order chi connectivity index (χ0) is 21.8. The Balaban J connectivity index is 1.65. The Labute approximate surface area is 183 Å². The molecule has 0 aliphatic rings. The highest BCUT2D eigenvalue weighted by atomic mass is 32.2. The number of hydrogen-bond donors (Lipinski definition) is 0. The monoisotopic (exact) mass is 437 g/mol. The van der Waals surface area contributed by atoms with Crippen LogP contribution in [0.5, 0.6) is 5.75 Å². The van der Waals surface area contributed by atoms with Crippen LogP contribution in [0.4, 0.5) is 4.39 Å². The number of aromatic nitrogens is 3. The van der Waals surface area contributed by atoms with Crippen molar-refractivity contribution in [3.05, 3.63) is 84.1 Å². The van der Waals surface area contributed by atoms with Gasteiger partial charge in [0.1, 0.15) is 17.3 Å². The molecule has 2 aromatic carbocycles. The average molecular weight is 437 g/mol. The summed E-state index contributed by atoms with van der Waals surface area (Å²) in [6.07, 6.45) is 1.61. The maximum absolute atomic E-state index is 13.2. The van der Waals surface area contributed by atoms with Gasteiger partial charge in [-0.3, -0.25) is 9.36 Å². The van der Waals surface area contributed by atoms with E-state index in [0.29, 0.717) is 28.8 Å². The Morgan fingerprint density at radius 2 is 1.97 bits per heavy atom. The maximum Gasteiger partial charge on any atom is 0.192 e. The molecule has 1 unspecified atom stereocenters. The molecule has 0 spiro atoms. The molecule has 0 saturated carbocycles. The maximum atomic E-state index is 13.2. The van der Waals surface area contributed by atoms with Gasteiger partial charge in [-0.15, -0.1) is 10.2 Å². The van der Waals surface area contributed by atoms with Crippen molar-refractivity contribution in [3.8, 4) is 17.1 Å². The summed E-state index contributed by atoms with van der Waals surface area (Å²) in [5.74, 6) is 1.60. The van der Waals surface area contributed by atoms with Gasteiger partial charge in [-0.2, -0.15) is 0 Å². The van der Waals surface area contributed by atoms with Crippen molar-refractivity contribution in [2.45, 2.75) is 23.9 Å². The fraction of sp³-hybridized carbons (Fsp3) is 0.174. The highest BCUT2D eigenvalue weighted by Gasteiger charge is 2.22. The Morgan fingerprint density at radius 3 is 2.68 bits per heavy atom. The molecule has 158 valence electrons. The minimum Gasteiger partial charge on any atom is -0.497 e. The number of furan rings is 1. The highest BCUT2D eigenvalue weighted by Crippen LogP contribution is 2.30. The van der Waals surface area contributed by atoms with E-state index in [-0.39, 0.29) is 11.6 Å². The fourth-order valence-electron chi connectivity index (χ4n) is 3.11. The number of hydrogen-bond acceptors (Lipinski definition) is 6. The fourth-order valence-corrected chi connectivity index (χ4v) is 4.04. The van der Waals surface area contributed by atoms with E-state index in [2.05, 4.69) is 10.2 Å². The molecule has 0 aliphatic heterocycles. The lowest BCUT2D eigenvalue weighted by Crippen LogP contribution is -2.15. The third-order valence-electron chi connectivity index (χ3n) is 4.72. The van der Waals surface area contributed by atoms with Crippen molar-refractivity contribution >= 4 is 17.5 Å². The van der Waals surface area contributed by atoms with E-state index in [1.165, 1.54) is 36.0 Å². The number of nitrogens with zero attached hydrogens (tertiary/aromatic N) is 3. The molecular weight excluding hydrogens is 417 g/mol. The first-order valence-corrected chi connectivity index (χ1v) is 10.5. The number of ketones is 1. The van der Waals surface area contributed by atoms with Gasteiger partial charge in [0.25, 0.3) is 0 Å². The smallest absolute Gasteiger partial charge is 0.192 e. The highest BCUT2D eigenvalue weighted by molar-refractivity contribution is 8.00. The summed E-state index contributed by atoms with van der Waals surface area (Å²) in [5, 5.41) is 8.85. The normalized spacial score (nSPS) is 12.0. The lowest BCUT2D eigenvalue weighted by atomic mass is 10.1. The molecule has 1 atom stereocenters. The Morgan fingerprint density at radius 1 is 1.16 bits per heavy atom. The number of methoxy groups -OCH3 is 1. The van der Waals surface area contributed by atoms with Crippen LogP contribution in [0.15, 0.2) is 76.5 Å². The standard InChI is InChI=1S/C23H20FN3O3S/c1-15(21(28)16-8-10-18(24)11-9-16)31-23-26-25-22(17-5-3-6-19(13-17)29-2)27(23)14-20-7-4-12-30-20/h3-13,15H,14H2,1-2H3. The van der Waals surface area contributed by atoms with Crippen LogP contribution in [0.3, 0.4) is 0 Å². The van der Waals surface area contributed by atoms with Crippen LogP contribution >= 0.6 is 11.8 Å². The van der Waals surface area contributed by atoms with Crippen LogP contribution in [0.25, 0.3) is 11.4 Å². The summed E-state index contributed by atoms with van der Waals surface area (Å²) in [6.45, 7) is 2.21. The number of rotatable bonds is 8. The first-order valence-electron chi connectivity index (χ1n) is 9.61. The minimum absolute atomic E-state index is 0.111. The van der Waals surface area contributed by atoms with Gasteiger partial charge in [0.15, 0.2) is 16.8 Å².